The van der Waals surface area contributed by atoms with Gasteiger partial charge in [0.15, 0.2) is 17.3 Å². The summed E-state index contributed by atoms with van der Waals surface area (Å²) in [6, 6.07) is 15.7. The van der Waals surface area contributed by atoms with E-state index < -0.39 is 32.9 Å². The molecular formula is C31H26F2N4O5S. The molecule has 0 atom stereocenters. The van der Waals surface area contributed by atoms with Gasteiger partial charge in [-0.1, -0.05) is 0 Å². The number of rotatable bonds is 6. The van der Waals surface area contributed by atoms with Crippen molar-refractivity contribution in [1.82, 2.24) is 14.2 Å². The molecule has 0 aliphatic carbocycles. The third-order valence-corrected chi connectivity index (χ3v) is 9.25. The Morgan fingerprint density at radius 3 is 2.44 bits per heavy atom. The first-order chi connectivity index (χ1) is 20.6. The molecule has 0 radical (unpaired) electrons. The number of halogens is 2. The average Bonchev–Trinajstić information content (AvgIpc) is 3.45. The SMILES string of the molecule is Cc1ccc(C(=O)Nc2ccc(Oc3cc(C4CCS(=O)(=O)CC4)cn4nccc34)c(F)c2)c(=O)n1-c1ccc(F)cc1. The smallest absolute Gasteiger partial charge is 0.268 e. The lowest BCUT2D eigenvalue weighted by atomic mass is 9.95. The van der Waals surface area contributed by atoms with E-state index in [-0.39, 0.29) is 34.4 Å². The highest BCUT2D eigenvalue weighted by atomic mass is 32.2. The standard InChI is InChI=1S/C31H26F2N4O5S/c1-19-2-8-25(31(39)37(19)24-6-3-22(32)4-7-24)30(38)35-23-5-9-28(26(33)17-23)42-29-16-21(18-36-27(29)10-13-34-36)20-11-14-43(40,41)15-12-20/h2-10,13,16-18,20H,11-12,14-15H2,1H3,(H,35,38). The van der Waals surface area contributed by atoms with Crippen LogP contribution in [-0.4, -0.2) is 40.0 Å². The van der Waals surface area contributed by atoms with E-state index in [9.17, 15) is 22.4 Å². The number of carbonyl (C=O) groups is 1. The molecule has 43 heavy (non-hydrogen) atoms. The molecule has 1 fully saturated rings. The highest BCUT2D eigenvalue weighted by molar-refractivity contribution is 7.91. The van der Waals surface area contributed by atoms with Gasteiger partial charge in [-0.05, 0) is 91.9 Å². The maximum atomic E-state index is 15.2. The van der Waals surface area contributed by atoms with E-state index in [1.807, 2.05) is 6.20 Å². The van der Waals surface area contributed by atoms with Crippen LogP contribution < -0.4 is 15.6 Å². The van der Waals surface area contributed by atoms with Gasteiger partial charge in [-0.3, -0.25) is 14.2 Å². The summed E-state index contributed by atoms with van der Waals surface area (Å²) in [5.41, 5.74) is 1.71. The van der Waals surface area contributed by atoms with Gasteiger partial charge < -0.3 is 10.1 Å². The number of sulfone groups is 1. The number of fused-ring (bicyclic) bond motifs is 1. The van der Waals surface area contributed by atoms with E-state index in [4.69, 9.17) is 4.74 Å². The lowest BCUT2D eigenvalue weighted by Crippen LogP contribution is -2.29. The van der Waals surface area contributed by atoms with Crippen molar-refractivity contribution in [1.29, 1.82) is 0 Å². The number of ether oxygens (including phenoxy) is 1. The number of benzene rings is 2. The molecule has 220 valence electrons. The molecule has 2 aromatic carbocycles. The zero-order valence-corrected chi connectivity index (χ0v) is 23.8. The van der Waals surface area contributed by atoms with Crippen molar-refractivity contribution in [2.45, 2.75) is 25.7 Å². The first kappa shape index (κ1) is 28.3. The van der Waals surface area contributed by atoms with E-state index in [1.54, 1.807) is 35.8 Å². The van der Waals surface area contributed by atoms with Crippen LogP contribution in [0.15, 0.2) is 83.9 Å². The van der Waals surface area contributed by atoms with Crippen LogP contribution in [0.5, 0.6) is 11.5 Å². The number of nitrogens with zero attached hydrogens (tertiary/aromatic N) is 3. The quantitative estimate of drug-likeness (QED) is 0.278. The molecule has 12 heteroatoms. The summed E-state index contributed by atoms with van der Waals surface area (Å²) in [4.78, 5) is 26.2. The molecule has 1 amide bonds. The summed E-state index contributed by atoms with van der Waals surface area (Å²) >= 11 is 0. The third-order valence-electron chi connectivity index (χ3n) is 7.53. The number of anilines is 1. The van der Waals surface area contributed by atoms with Crippen molar-refractivity contribution in [2.75, 3.05) is 16.8 Å². The van der Waals surface area contributed by atoms with Gasteiger partial charge >= 0.3 is 0 Å². The summed E-state index contributed by atoms with van der Waals surface area (Å²) < 4.78 is 61.3. The summed E-state index contributed by atoms with van der Waals surface area (Å²) in [5, 5.41) is 6.83. The molecule has 5 aromatic rings. The van der Waals surface area contributed by atoms with E-state index in [0.29, 0.717) is 35.5 Å². The van der Waals surface area contributed by atoms with E-state index in [1.165, 1.54) is 47.0 Å². The number of pyridine rings is 2. The van der Waals surface area contributed by atoms with Crippen LogP contribution in [0.4, 0.5) is 14.5 Å². The molecule has 1 aliphatic rings. The second-order valence-electron chi connectivity index (χ2n) is 10.4. The molecule has 0 spiro atoms. The number of amides is 1. The summed E-state index contributed by atoms with van der Waals surface area (Å²) in [7, 11) is -3.04. The fourth-order valence-corrected chi connectivity index (χ4v) is 6.73. The molecular weight excluding hydrogens is 578 g/mol. The molecule has 4 heterocycles. The third kappa shape index (κ3) is 5.78. The second-order valence-corrected chi connectivity index (χ2v) is 12.7. The molecule has 0 saturated carbocycles. The minimum absolute atomic E-state index is 0.00340. The minimum Gasteiger partial charge on any atom is -0.452 e. The number of carbonyl (C=O) groups excluding carboxylic acids is 1. The Morgan fingerprint density at radius 1 is 0.977 bits per heavy atom. The zero-order chi connectivity index (χ0) is 30.3. The first-order valence-corrected chi connectivity index (χ1v) is 15.4. The lowest BCUT2D eigenvalue weighted by Gasteiger charge is -2.23. The van der Waals surface area contributed by atoms with Crippen LogP contribution in [0.3, 0.4) is 0 Å². The van der Waals surface area contributed by atoms with Crippen molar-refractivity contribution in [3.05, 3.63) is 118 Å². The largest absolute Gasteiger partial charge is 0.452 e. The molecule has 3 aromatic heterocycles. The van der Waals surface area contributed by atoms with Crippen LogP contribution in [0.2, 0.25) is 0 Å². The number of nitrogens with one attached hydrogen (secondary N) is 1. The van der Waals surface area contributed by atoms with Crippen molar-refractivity contribution in [3.63, 3.8) is 0 Å². The Kier molecular flexibility index (Phi) is 7.30. The highest BCUT2D eigenvalue weighted by Crippen LogP contribution is 2.35. The van der Waals surface area contributed by atoms with E-state index >= 15 is 4.39 Å². The van der Waals surface area contributed by atoms with Crippen molar-refractivity contribution in [3.8, 4) is 17.2 Å². The van der Waals surface area contributed by atoms with Crippen LogP contribution in [0.25, 0.3) is 11.2 Å². The Balaban J connectivity index is 1.23. The van der Waals surface area contributed by atoms with Crippen LogP contribution in [0.1, 0.15) is 40.4 Å². The maximum absolute atomic E-state index is 15.2. The Morgan fingerprint density at radius 2 is 1.72 bits per heavy atom. The predicted octanol–water partition coefficient (Wildman–Crippen LogP) is 5.41. The van der Waals surface area contributed by atoms with Crippen LogP contribution >= 0.6 is 0 Å². The molecule has 0 unspecified atom stereocenters. The minimum atomic E-state index is -3.04. The number of hydrogen-bond donors (Lipinski definition) is 1. The van der Waals surface area contributed by atoms with Gasteiger partial charge in [-0.15, -0.1) is 0 Å². The van der Waals surface area contributed by atoms with Crippen molar-refractivity contribution < 1.29 is 26.7 Å². The molecule has 6 rings (SSSR count). The fourth-order valence-electron chi connectivity index (χ4n) is 5.24. The average molecular weight is 605 g/mol. The van der Waals surface area contributed by atoms with Gasteiger partial charge in [0.2, 0.25) is 0 Å². The Labute approximate surface area is 245 Å². The van der Waals surface area contributed by atoms with Crippen molar-refractivity contribution in [2.24, 2.45) is 0 Å². The zero-order valence-electron chi connectivity index (χ0n) is 23.0. The summed E-state index contributed by atoms with van der Waals surface area (Å²) in [5.74, 6) is -1.49. The molecule has 9 nitrogen and oxygen atoms in total. The summed E-state index contributed by atoms with van der Waals surface area (Å²) in [6.45, 7) is 1.69. The first-order valence-electron chi connectivity index (χ1n) is 13.5. The second kappa shape index (κ2) is 11.1. The van der Waals surface area contributed by atoms with Gasteiger partial charge in [0.1, 0.15) is 26.7 Å². The number of aryl methyl sites for hydroxylation is 1. The number of hydrogen-bond acceptors (Lipinski definition) is 6. The fraction of sp³-hybridized carbons (Fsp3) is 0.194. The Hall–Kier alpha value is -4.84. The summed E-state index contributed by atoms with van der Waals surface area (Å²) in [6.07, 6.45) is 4.37. The number of aromatic nitrogens is 3. The lowest BCUT2D eigenvalue weighted by molar-refractivity contribution is 0.102. The monoisotopic (exact) mass is 604 g/mol. The van der Waals surface area contributed by atoms with Gasteiger partial charge in [0.05, 0.1) is 17.7 Å². The molecule has 0 bridgehead atoms. The maximum Gasteiger partial charge on any atom is 0.268 e. The van der Waals surface area contributed by atoms with Gasteiger partial charge in [0, 0.05) is 29.3 Å². The van der Waals surface area contributed by atoms with Crippen LogP contribution in [-0.2, 0) is 9.84 Å². The van der Waals surface area contributed by atoms with E-state index in [2.05, 4.69) is 10.4 Å². The molecule has 1 aliphatic heterocycles. The van der Waals surface area contributed by atoms with Gasteiger partial charge in [-0.2, -0.15) is 5.10 Å². The predicted molar refractivity (Wildman–Crippen MR) is 157 cm³/mol. The topological polar surface area (TPSA) is 112 Å². The van der Waals surface area contributed by atoms with E-state index in [0.717, 1.165) is 11.6 Å². The Bertz CT molecular complexity index is 2020. The van der Waals surface area contributed by atoms with Gasteiger partial charge in [0.25, 0.3) is 11.5 Å². The van der Waals surface area contributed by atoms with Crippen molar-refractivity contribution >= 4 is 26.9 Å². The highest BCUT2D eigenvalue weighted by Gasteiger charge is 2.26. The van der Waals surface area contributed by atoms with Gasteiger partial charge in [-0.25, -0.2) is 21.7 Å². The normalized spacial score (nSPS) is 15.0. The van der Waals surface area contributed by atoms with Crippen LogP contribution in [0, 0.1) is 18.6 Å². The molecule has 1 saturated heterocycles. The molecule has 1 N–H and O–H groups in total.